The fourth-order valence-corrected chi connectivity index (χ4v) is 2.17. The smallest absolute Gasteiger partial charge is 0.0934 e. The van der Waals surface area contributed by atoms with Crippen molar-refractivity contribution in [3.63, 3.8) is 0 Å². The van der Waals surface area contributed by atoms with Crippen molar-refractivity contribution in [2.24, 2.45) is 0 Å². The number of imidazole rings is 1. The Morgan fingerprint density at radius 1 is 1.06 bits per heavy atom. The second-order valence-corrected chi connectivity index (χ2v) is 4.23. The number of hydrogen-bond donors (Lipinski definition) is 1. The molecule has 0 aliphatic rings. The molecule has 4 nitrogen and oxygen atoms in total. The van der Waals surface area contributed by atoms with Crippen molar-refractivity contribution >= 4 is 16.6 Å². The van der Waals surface area contributed by atoms with Crippen molar-refractivity contribution < 1.29 is 0 Å². The SMILES string of the molecule is c1ccn2nc(-c3ccc4nc[nH]c4c3)cc2c1. The number of benzene rings is 1. The molecule has 1 aromatic carbocycles. The Hall–Kier alpha value is -2.62. The predicted molar refractivity (Wildman–Crippen MR) is 70.3 cm³/mol. The summed E-state index contributed by atoms with van der Waals surface area (Å²) in [6.07, 6.45) is 3.66. The lowest BCUT2D eigenvalue weighted by atomic mass is 10.1. The quantitative estimate of drug-likeness (QED) is 0.550. The molecule has 0 radical (unpaired) electrons. The van der Waals surface area contributed by atoms with Gasteiger partial charge >= 0.3 is 0 Å². The lowest BCUT2D eigenvalue weighted by Crippen LogP contribution is -1.85. The average molecular weight is 234 g/mol. The number of fused-ring (bicyclic) bond motifs is 2. The van der Waals surface area contributed by atoms with E-state index in [1.165, 1.54) is 0 Å². The first-order valence-corrected chi connectivity index (χ1v) is 5.78. The third-order valence-corrected chi connectivity index (χ3v) is 3.09. The highest BCUT2D eigenvalue weighted by Gasteiger charge is 2.05. The summed E-state index contributed by atoms with van der Waals surface area (Å²) < 4.78 is 1.88. The van der Waals surface area contributed by atoms with E-state index >= 15 is 0 Å². The van der Waals surface area contributed by atoms with Gasteiger partial charge in [0.05, 0.1) is 28.6 Å². The standard InChI is InChI=1S/C14H10N4/c1-2-6-18-11(3-1)8-13(17-18)10-4-5-12-14(7-10)16-9-15-12/h1-9H,(H,15,16). The number of pyridine rings is 1. The van der Waals surface area contributed by atoms with Crippen LogP contribution >= 0.6 is 0 Å². The largest absolute Gasteiger partial charge is 0.345 e. The van der Waals surface area contributed by atoms with Crippen molar-refractivity contribution in [3.05, 3.63) is 55.0 Å². The van der Waals surface area contributed by atoms with Crippen LogP contribution in [-0.4, -0.2) is 19.6 Å². The van der Waals surface area contributed by atoms with Gasteiger partial charge in [-0.2, -0.15) is 5.10 Å². The van der Waals surface area contributed by atoms with E-state index in [2.05, 4.69) is 27.2 Å². The molecule has 0 atom stereocenters. The van der Waals surface area contributed by atoms with E-state index in [9.17, 15) is 0 Å². The third-order valence-electron chi connectivity index (χ3n) is 3.09. The molecule has 3 heterocycles. The molecule has 4 rings (SSSR count). The summed E-state index contributed by atoms with van der Waals surface area (Å²) >= 11 is 0. The molecule has 0 aliphatic carbocycles. The Morgan fingerprint density at radius 3 is 3.00 bits per heavy atom. The van der Waals surface area contributed by atoms with Gasteiger partial charge in [0.15, 0.2) is 0 Å². The Balaban J connectivity index is 1.94. The van der Waals surface area contributed by atoms with E-state index in [1.54, 1.807) is 6.33 Å². The van der Waals surface area contributed by atoms with Crippen molar-refractivity contribution in [2.45, 2.75) is 0 Å². The van der Waals surface area contributed by atoms with Gasteiger partial charge in [-0.1, -0.05) is 12.1 Å². The van der Waals surface area contributed by atoms with Crippen LogP contribution in [0.2, 0.25) is 0 Å². The van der Waals surface area contributed by atoms with E-state index in [-0.39, 0.29) is 0 Å². The minimum Gasteiger partial charge on any atom is -0.345 e. The Kier molecular flexibility index (Phi) is 1.80. The summed E-state index contributed by atoms with van der Waals surface area (Å²) in [5.41, 5.74) is 5.16. The molecule has 18 heavy (non-hydrogen) atoms. The van der Waals surface area contributed by atoms with Crippen molar-refractivity contribution in [2.75, 3.05) is 0 Å². The normalized spacial score (nSPS) is 11.3. The Morgan fingerprint density at radius 2 is 2.06 bits per heavy atom. The van der Waals surface area contributed by atoms with Crippen molar-refractivity contribution in [1.82, 2.24) is 19.6 Å². The first-order chi connectivity index (χ1) is 8.90. The highest BCUT2D eigenvalue weighted by atomic mass is 15.2. The predicted octanol–water partition coefficient (Wildman–Crippen LogP) is 2.88. The van der Waals surface area contributed by atoms with Crippen LogP contribution in [0, 0.1) is 0 Å². The number of hydrogen-bond acceptors (Lipinski definition) is 2. The Labute approximate surface area is 103 Å². The van der Waals surface area contributed by atoms with Crippen molar-refractivity contribution in [3.8, 4) is 11.3 Å². The molecule has 0 saturated heterocycles. The molecule has 3 aromatic heterocycles. The zero-order valence-electron chi connectivity index (χ0n) is 9.54. The van der Waals surface area contributed by atoms with Gasteiger partial charge in [0.1, 0.15) is 0 Å². The number of aromatic nitrogens is 4. The van der Waals surface area contributed by atoms with Crippen LogP contribution in [0.25, 0.3) is 27.8 Å². The van der Waals surface area contributed by atoms with E-state index < -0.39 is 0 Å². The lowest BCUT2D eigenvalue weighted by molar-refractivity contribution is 0.966. The van der Waals surface area contributed by atoms with Crippen LogP contribution in [0.15, 0.2) is 55.0 Å². The van der Waals surface area contributed by atoms with Gasteiger partial charge in [-0.15, -0.1) is 0 Å². The molecule has 0 bridgehead atoms. The van der Waals surface area contributed by atoms with Gasteiger partial charge in [-0.05, 0) is 30.3 Å². The van der Waals surface area contributed by atoms with E-state index in [0.29, 0.717) is 0 Å². The summed E-state index contributed by atoms with van der Waals surface area (Å²) in [5, 5.41) is 4.56. The van der Waals surface area contributed by atoms with Gasteiger partial charge in [0.25, 0.3) is 0 Å². The molecule has 0 amide bonds. The molecule has 86 valence electrons. The highest BCUT2D eigenvalue weighted by molar-refractivity contribution is 5.81. The van der Waals surface area contributed by atoms with Crippen LogP contribution < -0.4 is 0 Å². The summed E-state index contributed by atoms with van der Waals surface area (Å²) in [4.78, 5) is 7.33. The topological polar surface area (TPSA) is 46.0 Å². The second kappa shape index (κ2) is 3.43. The molecule has 1 N–H and O–H groups in total. The number of nitrogens with zero attached hydrogens (tertiary/aromatic N) is 3. The average Bonchev–Trinajstić information content (AvgIpc) is 3.04. The van der Waals surface area contributed by atoms with Gasteiger partial charge in [-0.25, -0.2) is 9.50 Å². The van der Waals surface area contributed by atoms with E-state index in [0.717, 1.165) is 27.8 Å². The molecule has 0 unspecified atom stereocenters. The fourth-order valence-electron chi connectivity index (χ4n) is 2.17. The summed E-state index contributed by atoms with van der Waals surface area (Å²) in [5.74, 6) is 0. The summed E-state index contributed by atoms with van der Waals surface area (Å²) in [7, 11) is 0. The van der Waals surface area contributed by atoms with Gasteiger partial charge in [0, 0.05) is 11.8 Å². The molecule has 0 spiro atoms. The van der Waals surface area contributed by atoms with E-state index in [1.807, 2.05) is 41.0 Å². The molecule has 0 fully saturated rings. The zero-order chi connectivity index (χ0) is 11.9. The maximum absolute atomic E-state index is 4.56. The molecule has 0 aliphatic heterocycles. The fraction of sp³-hybridized carbons (Fsp3) is 0. The summed E-state index contributed by atoms with van der Waals surface area (Å²) in [6.45, 7) is 0. The molecular weight excluding hydrogens is 224 g/mol. The lowest BCUT2D eigenvalue weighted by Gasteiger charge is -1.95. The zero-order valence-corrected chi connectivity index (χ0v) is 9.54. The molecule has 0 saturated carbocycles. The Bertz CT molecular complexity index is 808. The highest BCUT2D eigenvalue weighted by Crippen LogP contribution is 2.22. The van der Waals surface area contributed by atoms with Crippen LogP contribution in [-0.2, 0) is 0 Å². The third kappa shape index (κ3) is 1.32. The molecule has 4 heteroatoms. The minimum absolute atomic E-state index is 0.970. The summed E-state index contributed by atoms with van der Waals surface area (Å²) in [6, 6.07) is 14.2. The van der Waals surface area contributed by atoms with Crippen LogP contribution in [0.3, 0.4) is 0 Å². The van der Waals surface area contributed by atoms with Crippen molar-refractivity contribution in [1.29, 1.82) is 0 Å². The monoisotopic (exact) mass is 234 g/mol. The van der Waals surface area contributed by atoms with Gasteiger partial charge < -0.3 is 4.98 Å². The van der Waals surface area contributed by atoms with Gasteiger partial charge in [0.2, 0.25) is 0 Å². The maximum atomic E-state index is 4.56. The second-order valence-electron chi connectivity index (χ2n) is 4.23. The molecular formula is C14H10N4. The van der Waals surface area contributed by atoms with Crippen LogP contribution in [0.4, 0.5) is 0 Å². The number of H-pyrrole nitrogens is 1. The maximum Gasteiger partial charge on any atom is 0.0934 e. The first kappa shape index (κ1) is 9.41. The first-order valence-electron chi connectivity index (χ1n) is 5.78. The number of nitrogens with one attached hydrogen (secondary N) is 1. The minimum atomic E-state index is 0.970. The number of aromatic amines is 1. The number of rotatable bonds is 1. The van der Waals surface area contributed by atoms with E-state index in [4.69, 9.17) is 0 Å². The van der Waals surface area contributed by atoms with Gasteiger partial charge in [-0.3, -0.25) is 0 Å². The molecule has 4 aromatic rings. The van der Waals surface area contributed by atoms with Crippen LogP contribution in [0.1, 0.15) is 0 Å². The van der Waals surface area contributed by atoms with Crippen LogP contribution in [0.5, 0.6) is 0 Å².